The number of rotatable bonds is 3. The molecule has 2 rings (SSSR count). The molecule has 0 bridgehead atoms. The molecule has 0 radical (unpaired) electrons. The molecule has 0 unspecified atom stereocenters. The first-order valence-corrected chi connectivity index (χ1v) is 10.7. The summed E-state index contributed by atoms with van der Waals surface area (Å²) in [6.45, 7) is 16.1. The average Bonchev–Trinajstić information content (AvgIpc) is 2.63. The zero-order valence-electron chi connectivity index (χ0n) is 14.4. The first-order valence-electron chi connectivity index (χ1n) is 7.84. The summed E-state index contributed by atoms with van der Waals surface area (Å²) in [5, 5.41) is 13.6. The van der Waals surface area contributed by atoms with E-state index in [1.807, 2.05) is 13.8 Å². The van der Waals surface area contributed by atoms with Crippen LogP contribution in [0.3, 0.4) is 0 Å². The molecule has 2 aliphatic heterocycles. The van der Waals surface area contributed by atoms with Crippen molar-refractivity contribution in [3.05, 3.63) is 0 Å². The number of β-amino-alcohol motifs (C(OH)–C–C–N with tert-alkyl or cyclic N) is 1. The summed E-state index contributed by atoms with van der Waals surface area (Å²) in [5.41, 5.74) is 0. The molecule has 0 aliphatic carbocycles. The summed E-state index contributed by atoms with van der Waals surface area (Å²) in [5.74, 6) is -0.641. The summed E-state index contributed by atoms with van der Waals surface area (Å²) in [7, 11) is -1.78. The van der Waals surface area contributed by atoms with Gasteiger partial charge in [0.2, 0.25) is 0 Å². The minimum atomic E-state index is -1.78. The molecule has 2 aliphatic rings. The van der Waals surface area contributed by atoms with Crippen molar-refractivity contribution in [3.63, 3.8) is 0 Å². The first-order chi connectivity index (χ1) is 9.43. The van der Waals surface area contributed by atoms with Crippen LogP contribution in [-0.2, 0) is 13.9 Å². The smallest absolute Gasteiger partial charge is 0.192 e. The normalized spacial score (nSPS) is 36.6. The molecule has 0 saturated carbocycles. The van der Waals surface area contributed by atoms with Crippen LogP contribution in [0.15, 0.2) is 0 Å². The second-order valence-corrected chi connectivity index (χ2v) is 13.0. The molecule has 2 heterocycles. The standard InChI is InChI=1S/C15H31NO4Si/c1-14(2,3)21(6,7)18-9-10-12-13(11(17)8-16-10)20-15(4,5)19-12/h10-13,16-17H,8-9H2,1-7H3/t10-,11-,12-,13-/m1/s1. The number of aliphatic hydroxyl groups excluding tert-OH is 1. The highest BCUT2D eigenvalue weighted by atomic mass is 28.4. The van der Waals surface area contributed by atoms with Gasteiger partial charge in [-0.1, -0.05) is 20.8 Å². The van der Waals surface area contributed by atoms with Gasteiger partial charge >= 0.3 is 0 Å². The molecular weight excluding hydrogens is 286 g/mol. The van der Waals surface area contributed by atoms with Gasteiger partial charge < -0.3 is 24.3 Å². The molecule has 2 saturated heterocycles. The number of fused-ring (bicyclic) bond motifs is 1. The Morgan fingerprint density at radius 1 is 1.24 bits per heavy atom. The van der Waals surface area contributed by atoms with Crippen LogP contribution in [0.5, 0.6) is 0 Å². The van der Waals surface area contributed by atoms with Crippen LogP contribution in [0, 0.1) is 0 Å². The third kappa shape index (κ3) is 3.68. The van der Waals surface area contributed by atoms with E-state index < -0.39 is 20.2 Å². The Morgan fingerprint density at radius 2 is 1.81 bits per heavy atom. The average molecular weight is 318 g/mol. The minimum absolute atomic E-state index is 0.0642. The highest BCUT2D eigenvalue weighted by Gasteiger charge is 2.51. The first kappa shape index (κ1) is 17.4. The third-order valence-electron chi connectivity index (χ3n) is 4.96. The molecule has 0 amide bonds. The maximum Gasteiger partial charge on any atom is 0.192 e. The Hall–Kier alpha value is 0.0169. The number of hydrogen-bond acceptors (Lipinski definition) is 5. The van der Waals surface area contributed by atoms with Gasteiger partial charge in [-0.2, -0.15) is 0 Å². The SMILES string of the molecule is CC1(C)O[C@H]2[C@H](O1)[C@@H](CO[Si](C)(C)C(C)(C)C)NC[C@H]2O. The van der Waals surface area contributed by atoms with Gasteiger partial charge in [-0.3, -0.25) is 0 Å². The van der Waals surface area contributed by atoms with Crippen molar-refractivity contribution in [1.29, 1.82) is 0 Å². The van der Waals surface area contributed by atoms with Gasteiger partial charge in [-0.25, -0.2) is 0 Å². The van der Waals surface area contributed by atoms with E-state index in [0.717, 1.165) is 0 Å². The number of aliphatic hydroxyl groups is 1. The molecule has 0 aromatic carbocycles. The van der Waals surface area contributed by atoms with Crippen LogP contribution in [0.2, 0.25) is 18.1 Å². The van der Waals surface area contributed by atoms with Crippen LogP contribution in [0.4, 0.5) is 0 Å². The highest BCUT2D eigenvalue weighted by molar-refractivity contribution is 6.74. The molecular formula is C15H31NO4Si. The number of ether oxygens (including phenoxy) is 2. The van der Waals surface area contributed by atoms with Crippen LogP contribution in [0.25, 0.3) is 0 Å². The van der Waals surface area contributed by atoms with E-state index >= 15 is 0 Å². The van der Waals surface area contributed by atoms with Crippen molar-refractivity contribution >= 4 is 8.32 Å². The molecule has 6 heteroatoms. The lowest BCUT2D eigenvalue weighted by Gasteiger charge is -2.40. The zero-order chi connectivity index (χ0) is 16.1. The Morgan fingerprint density at radius 3 is 2.38 bits per heavy atom. The van der Waals surface area contributed by atoms with Crippen molar-refractivity contribution in [3.8, 4) is 0 Å². The van der Waals surface area contributed by atoms with Gasteiger partial charge in [-0.05, 0) is 32.0 Å². The number of hydrogen-bond donors (Lipinski definition) is 2. The van der Waals surface area contributed by atoms with Crippen molar-refractivity contribution in [2.24, 2.45) is 0 Å². The molecule has 21 heavy (non-hydrogen) atoms. The van der Waals surface area contributed by atoms with Crippen LogP contribution < -0.4 is 5.32 Å². The summed E-state index contributed by atoms with van der Waals surface area (Å²) in [4.78, 5) is 0. The summed E-state index contributed by atoms with van der Waals surface area (Å²) < 4.78 is 18.1. The number of nitrogens with one attached hydrogen (secondary N) is 1. The van der Waals surface area contributed by atoms with Crippen LogP contribution >= 0.6 is 0 Å². The predicted octanol–water partition coefficient (Wildman–Crippen LogP) is 1.86. The topological polar surface area (TPSA) is 60.0 Å². The van der Waals surface area contributed by atoms with E-state index in [9.17, 15) is 5.11 Å². The van der Waals surface area contributed by atoms with Crippen molar-refractivity contribution in [2.75, 3.05) is 13.2 Å². The van der Waals surface area contributed by atoms with Gasteiger partial charge in [0.1, 0.15) is 12.2 Å². The molecule has 0 aromatic rings. The molecule has 5 nitrogen and oxygen atoms in total. The Bertz CT molecular complexity index is 380. The van der Waals surface area contributed by atoms with Crippen molar-refractivity contribution < 1.29 is 19.0 Å². The fourth-order valence-corrected chi connectivity index (χ4v) is 3.63. The van der Waals surface area contributed by atoms with Crippen molar-refractivity contribution in [1.82, 2.24) is 5.32 Å². The Balaban J connectivity index is 2.01. The number of piperidine rings is 1. The molecule has 0 aromatic heterocycles. The van der Waals surface area contributed by atoms with Gasteiger partial charge in [-0.15, -0.1) is 0 Å². The van der Waals surface area contributed by atoms with Gasteiger partial charge in [0.15, 0.2) is 14.1 Å². The summed E-state index contributed by atoms with van der Waals surface area (Å²) >= 11 is 0. The minimum Gasteiger partial charge on any atom is -0.415 e. The van der Waals surface area contributed by atoms with Crippen LogP contribution in [0.1, 0.15) is 34.6 Å². The largest absolute Gasteiger partial charge is 0.415 e. The molecule has 0 spiro atoms. The fourth-order valence-electron chi connectivity index (χ4n) is 2.60. The van der Waals surface area contributed by atoms with E-state index in [1.165, 1.54) is 0 Å². The van der Waals surface area contributed by atoms with Gasteiger partial charge in [0, 0.05) is 6.54 Å². The molecule has 2 N–H and O–H groups in total. The molecule has 2 fully saturated rings. The predicted molar refractivity (Wildman–Crippen MR) is 84.8 cm³/mol. The molecule has 4 atom stereocenters. The monoisotopic (exact) mass is 317 g/mol. The zero-order valence-corrected chi connectivity index (χ0v) is 15.4. The van der Waals surface area contributed by atoms with E-state index in [1.54, 1.807) is 0 Å². The quantitative estimate of drug-likeness (QED) is 0.778. The fraction of sp³-hybridized carbons (Fsp3) is 1.00. The Labute approximate surface area is 129 Å². The van der Waals surface area contributed by atoms with E-state index in [4.69, 9.17) is 13.9 Å². The van der Waals surface area contributed by atoms with E-state index in [2.05, 4.69) is 39.2 Å². The van der Waals surface area contributed by atoms with E-state index in [0.29, 0.717) is 13.2 Å². The second kappa shape index (κ2) is 5.58. The van der Waals surface area contributed by atoms with Gasteiger partial charge in [0.05, 0.1) is 18.8 Å². The lowest BCUT2D eigenvalue weighted by atomic mass is 9.97. The lowest BCUT2D eigenvalue weighted by molar-refractivity contribution is -0.153. The lowest BCUT2D eigenvalue weighted by Crippen LogP contribution is -2.61. The second-order valence-electron chi connectivity index (χ2n) is 8.22. The summed E-state index contributed by atoms with van der Waals surface area (Å²) in [6, 6.07) is 0.0642. The van der Waals surface area contributed by atoms with E-state index in [-0.39, 0.29) is 23.3 Å². The third-order valence-corrected chi connectivity index (χ3v) is 9.46. The molecule has 124 valence electrons. The highest BCUT2D eigenvalue weighted by Crippen LogP contribution is 2.38. The van der Waals surface area contributed by atoms with Gasteiger partial charge in [0.25, 0.3) is 0 Å². The maximum atomic E-state index is 10.1. The Kier molecular flexibility index (Phi) is 4.62. The maximum absolute atomic E-state index is 10.1. The summed E-state index contributed by atoms with van der Waals surface area (Å²) in [6.07, 6.45) is -0.955. The van der Waals surface area contributed by atoms with Crippen molar-refractivity contribution in [2.45, 2.75) is 82.9 Å². The van der Waals surface area contributed by atoms with Crippen LogP contribution in [-0.4, -0.2) is 56.7 Å².